The number of carbonyl (C=O) groups is 1. The smallest absolute Gasteiger partial charge is 0.351 e. The van der Waals surface area contributed by atoms with Crippen molar-refractivity contribution >= 4 is 11.7 Å². The Labute approximate surface area is 174 Å². The Kier molecular flexibility index (Phi) is 6.37. The molecule has 2 aromatic rings. The van der Waals surface area contributed by atoms with Gasteiger partial charge in [-0.2, -0.15) is 4.98 Å². The molecular formula is C21H27N3O6. The van der Waals surface area contributed by atoms with Gasteiger partial charge in [0.15, 0.2) is 6.23 Å². The molecule has 3 N–H and O–H groups in total. The van der Waals surface area contributed by atoms with Gasteiger partial charge in [0.1, 0.15) is 23.6 Å². The predicted octanol–water partition coefficient (Wildman–Crippen LogP) is 1.10. The summed E-state index contributed by atoms with van der Waals surface area (Å²) in [5.41, 5.74) is -0.994. The normalized spacial score (nSPS) is 26.2. The van der Waals surface area contributed by atoms with E-state index in [-0.39, 0.29) is 17.6 Å². The van der Waals surface area contributed by atoms with E-state index in [0.29, 0.717) is 11.1 Å². The largest absolute Gasteiger partial charge is 0.393 e. The molecule has 1 fully saturated rings. The van der Waals surface area contributed by atoms with E-state index in [1.54, 1.807) is 37.3 Å². The van der Waals surface area contributed by atoms with Gasteiger partial charge in [0.05, 0.1) is 6.61 Å². The standard InChI is InChI=1S/C21H27N3O6/c1-12(2)21(11-25)16(26)15(29-4)19(30-21)24-10-13(3)17(23-20(24)28)22-18(27)14-8-6-5-7-9-14/h5-10,12,15-16,19,25-26H,11H2,1-4H3,(H,22,23,27,28)/t15-,16+,19?,21+/m1/s1. The molecule has 3 rings (SSSR count). The zero-order chi connectivity index (χ0) is 22.1. The molecule has 4 atom stereocenters. The van der Waals surface area contributed by atoms with Crippen molar-refractivity contribution in [3.63, 3.8) is 0 Å². The van der Waals surface area contributed by atoms with Crippen molar-refractivity contribution in [1.82, 2.24) is 9.55 Å². The van der Waals surface area contributed by atoms with E-state index >= 15 is 0 Å². The van der Waals surface area contributed by atoms with Crippen LogP contribution in [0.1, 0.15) is 36.0 Å². The highest BCUT2D eigenvalue weighted by Gasteiger charge is 2.57. The minimum atomic E-state index is -1.28. The van der Waals surface area contributed by atoms with Crippen LogP contribution >= 0.6 is 0 Å². The SMILES string of the molecule is CO[C@H]1C(n2cc(C)c(NC(=O)c3ccccc3)nc2=O)O[C@@](CO)(C(C)C)[C@H]1O. The monoisotopic (exact) mass is 417 g/mol. The average Bonchev–Trinajstić information content (AvgIpc) is 3.03. The fraction of sp³-hybridized carbons (Fsp3) is 0.476. The summed E-state index contributed by atoms with van der Waals surface area (Å²) in [6.07, 6.45) is -1.53. The molecule has 0 radical (unpaired) electrons. The molecule has 1 amide bonds. The van der Waals surface area contributed by atoms with Crippen LogP contribution in [-0.2, 0) is 9.47 Å². The topological polar surface area (TPSA) is 123 Å². The third kappa shape index (κ3) is 3.77. The predicted molar refractivity (Wildman–Crippen MR) is 109 cm³/mol. The van der Waals surface area contributed by atoms with Crippen molar-refractivity contribution in [2.24, 2.45) is 5.92 Å². The Morgan fingerprint density at radius 3 is 2.60 bits per heavy atom. The molecule has 1 aliphatic heterocycles. The van der Waals surface area contributed by atoms with Crippen molar-refractivity contribution in [2.75, 3.05) is 19.0 Å². The second-order valence-corrected chi connectivity index (χ2v) is 7.70. The number of benzene rings is 1. The summed E-state index contributed by atoms with van der Waals surface area (Å²) in [6, 6.07) is 8.59. The first kappa shape index (κ1) is 22.1. The van der Waals surface area contributed by atoms with E-state index in [1.807, 2.05) is 13.8 Å². The first-order valence-corrected chi connectivity index (χ1v) is 9.71. The molecule has 0 spiro atoms. The number of aromatic nitrogens is 2. The van der Waals surface area contributed by atoms with Gasteiger partial charge in [-0.3, -0.25) is 9.36 Å². The highest BCUT2D eigenvalue weighted by Crippen LogP contribution is 2.42. The number of amides is 1. The number of methoxy groups -OCH3 is 1. The number of carbonyl (C=O) groups excluding carboxylic acids is 1. The first-order valence-electron chi connectivity index (χ1n) is 9.71. The van der Waals surface area contributed by atoms with Gasteiger partial charge < -0.3 is 25.0 Å². The van der Waals surface area contributed by atoms with Crippen LogP contribution in [0.25, 0.3) is 0 Å². The fourth-order valence-electron chi connectivity index (χ4n) is 3.69. The van der Waals surface area contributed by atoms with E-state index in [1.165, 1.54) is 17.9 Å². The maximum absolute atomic E-state index is 12.8. The van der Waals surface area contributed by atoms with Crippen molar-refractivity contribution in [2.45, 2.75) is 44.8 Å². The van der Waals surface area contributed by atoms with E-state index < -0.39 is 36.3 Å². The van der Waals surface area contributed by atoms with Crippen LogP contribution in [0.5, 0.6) is 0 Å². The summed E-state index contributed by atoms with van der Waals surface area (Å²) in [6.45, 7) is 4.87. The summed E-state index contributed by atoms with van der Waals surface area (Å²) in [5.74, 6) is -0.492. The fourth-order valence-corrected chi connectivity index (χ4v) is 3.69. The van der Waals surface area contributed by atoms with Gasteiger partial charge in [0, 0.05) is 24.4 Å². The Bertz CT molecular complexity index is 961. The highest BCUT2D eigenvalue weighted by atomic mass is 16.6. The zero-order valence-corrected chi connectivity index (χ0v) is 17.4. The highest BCUT2D eigenvalue weighted by molar-refractivity contribution is 6.03. The lowest BCUT2D eigenvalue weighted by atomic mass is 9.85. The molecule has 9 nitrogen and oxygen atoms in total. The van der Waals surface area contributed by atoms with Crippen LogP contribution in [0.3, 0.4) is 0 Å². The summed E-state index contributed by atoms with van der Waals surface area (Å²) in [4.78, 5) is 29.1. The van der Waals surface area contributed by atoms with Crippen LogP contribution < -0.4 is 11.0 Å². The lowest BCUT2D eigenvalue weighted by molar-refractivity contribution is -0.153. The number of nitrogens with one attached hydrogen (secondary N) is 1. The van der Waals surface area contributed by atoms with Crippen LogP contribution in [0.4, 0.5) is 5.82 Å². The molecule has 0 saturated carbocycles. The molecule has 1 aromatic heterocycles. The minimum Gasteiger partial charge on any atom is -0.393 e. The Hall–Kier alpha value is -2.59. The molecule has 9 heteroatoms. The zero-order valence-electron chi connectivity index (χ0n) is 17.4. The van der Waals surface area contributed by atoms with Gasteiger partial charge in [-0.15, -0.1) is 0 Å². The maximum Gasteiger partial charge on any atom is 0.351 e. The number of ether oxygens (including phenoxy) is 2. The van der Waals surface area contributed by atoms with Gasteiger partial charge >= 0.3 is 5.69 Å². The van der Waals surface area contributed by atoms with E-state index in [2.05, 4.69) is 10.3 Å². The number of aliphatic hydroxyl groups is 2. The van der Waals surface area contributed by atoms with Crippen molar-refractivity contribution in [1.29, 1.82) is 0 Å². The van der Waals surface area contributed by atoms with E-state index in [4.69, 9.17) is 9.47 Å². The summed E-state index contributed by atoms with van der Waals surface area (Å²) < 4.78 is 12.6. The number of hydrogen-bond donors (Lipinski definition) is 3. The molecule has 2 heterocycles. The molecule has 1 saturated heterocycles. The van der Waals surface area contributed by atoms with Crippen LogP contribution in [0.2, 0.25) is 0 Å². The number of anilines is 1. The van der Waals surface area contributed by atoms with E-state index in [9.17, 15) is 19.8 Å². The van der Waals surface area contributed by atoms with Crippen molar-refractivity contribution < 1.29 is 24.5 Å². The third-order valence-electron chi connectivity index (χ3n) is 5.61. The number of hydrogen-bond acceptors (Lipinski definition) is 7. The second kappa shape index (κ2) is 8.65. The minimum absolute atomic E-state index is 0.134. The summed E-state index contributed by atoms with van der Waals surface area (Å²) >= 11 is 0. The lowest BCUT2D eigenvalue weighted by Gasteiger charge is -2.34. The Morgan fingerprint density at radius 1 is 1.37 bits per heavy atom. The Balaban J connectivity index is 1.93. The molecule has 162 valence electrons. The summed E-state index contributed by atoms with van der Waals surface area (Å²) in [5, 5.41) is 23.3. The van der Waals surface area contributed by atoms with E-state index in [0.717, 1.165) is 0 Å². The Morgan fingerprint density at radius 2 is 2.03 bits per heavy atom. The van der Waals surface area contributed by atoms with Crippen molar-refractivity contribution in [3.8, 4) is 0 Å². The number of nitrogens with zero attached hydrogens (tertiary/aromatic N) is 2. The molecular weight excluding hydrogens is 390 g/mol. The summed E-state index contributed by atoms with van der Waals surface area (Å²) in [7, 11) is 1.40. The van der Waals surface area contributed by atoms with Crippen LogP contribution in [0.15, 0.2) is 41.3 Å². The number of aryl methyl sites for hydroxylation is 1. The average molecular weight is 417 g/mol. The molecule has 30 heavy (non-hydrogen) atoms. The number of aliphatic hydroxyl groups excluding tert-OH is 2. The van der Waals surface area contributed by atoms with Crippen molar-refractivity contribution in [3.05, 3.63) is 58.1 Å². The lowest BCUT2D eigenvalue weighted by Crippen LogP contribution is -2.50. The quantitative estimate of drug-likeness (QED) is 0.643. The second-order valence-electron chi connectivity index (χ2n) is 7.70. The van der Waals surface area contributed by atoms with Crippen LogP contribution in [0, 0.1) is 12.8 Å². The van der Waals surface area contributed by atoms with Gasteiger partial charge in [0.25, 0.3) is 5.91 Å². The van der Waals surface area contributed by atoms with Gasteiger partial charge in [-0.05, 0) is 25.0 Å². The molecule has 0 aliphatic carbocycles. The van der Waals surface area contributed by atoms with Crippen LogP contribution in [-0.4, -0.2) is 57.2 Å². The molecule has 1 aliphatic rings. The maximum atomic E-state index is 12.8. The van der Waals surface area contributed by atoms with Gasteiger partial charge in [-0.1, -0.05) is 32.0 Å². The molecule has 0 bridgehead atoms. The molecule has 1 unspecified atom stereocenters. The number of rotatable bonds is 6. The first-order chi connectivity index (χ1) is 14.2. The molecule has 1 aromatic carbocycles. The van der Waals surface area contributed by atoms with Gasteiger partial charge in [0.2, 0.25) is 0 Å². The van der Waals surface area contributed by atoms with Gasteiger partial charge in [-0.25, -0.2) is 4.79 Å². The third-order valence-corrected chi connectivity index (χ3v) is 5.61.